The van der Waals surface area contributed by atoms with Crippen molar-refractivity contribution < 1.29 is 19.0 Å². The van der Waals surface area contributed by atoms with Crippen molar-refractivity contribution >= 4 is 55.2 Å². The van der Waals surface area contributed by atoms with E-state index in [4.69, 9.17) is 14.2 Å². The molecule has 0 aliphatic carbocycles. The molecule has 35 heavy (non-hydrogen) atoms. The van der Waals surface area contributed by atoms with Crippen molar-refractivity contribution in [3.63, 3.8) is 0 Å². The molecule has 0 amide bonds. The Kier molecular flexibility index (Phi) is 7.63. The second kappa shape index (κ2) is 10.5. The quantitative estimate of drug-likeness (QED) is 0.383. The summed E-state index contributed by atoms with van der Waals surface area (Å²) in [6, 6.07) is 10.4. The summed E-state index contributed by atoms with van der Waals surface area (Å²) in [5.74, 6) is 0.686. The van der Waals surface area contributed by atoms with Gasteiger partial charge in [0.05, 0.1) is 47.1 Å². The molecule has 1 aliphatic heterocycles. The molecule has 182 valence electrons. The number of rotatable bonds is 6. The number of methoxy groups -OCH3 is 2. The summed E-state index contributed by atoms with van der Waals surface area (Å²) in [5, 5.41) is 0. The Morgan fingerprint density at radius 1 is 1.14 bits per heavy atom. The molecular weight excluding hydrogens is 600 g/mol. The van der Waals surface area contributed by atoms with Crippen LogP contribution < -0.4 is 24.4 Å². The van der Waals surface area contributed by atoms with Crippen molar-refractivity contribution in [2.75, 3.05) is 20.8 Å². The highest BCUT2D eigenvalue weighted by atomic mass is 79.9. The zero-order valence-corrected chi connectivity index (χ0v) is 23.4. The minimum Gasteiger partial charge on any atom is -0.496 e. The third-order valence-electron chi connectivity index (χ3n) is 5.49. The number of nitrogens with zero attached hydrogens (tertiary/aromatic N) is 2. The van der Waals surface area contributed by atoms with Crippen LogP contribution in [0.5, 0.6) is 11.5 Å². The molecule has 1 aromatic heterocycles. The standard InChI is InChI=1S/C25H22Br2N2O5S/c1-5-34-24(31)21-13(2)28-25-29(22(21)14-6-8-16(26)9-7-14)23(30)20(35-25)11-15-10-17(27)19(33-4)12-18(15)32-3/h6-12,22H,5H2,1-4H3/b20-11+. The summed E-state index contributed by atoms with van der Waals surface area (Å²) in [5.41, 5.74) is 2.09. The van der Waals surface area contributed by atoms with Gasteiger partial charge >= 0.3 is 5.97 Å². The van der Waals surface area contributed by atoms with E-state index in [2.05, 4.69) is 36.9 Å². The predicted molar refractivity (Wildman–Crippen MR) is 142 cm³/mol. The van der Waals surface area contributed by atoms with Gasteiger partial charge in [0.15, 0.2) is 4.80 Å². The first-order valence-corrected chi connectivity index (χ1v) is 13.1. The summed E-state index contributed by atoms with van der Waals surface area (Å²) in [7, 11) is 3.13. The highest BCUT2D eigenvalue weighted by molar-refractivity contribution is 9.10. The van der Waals surface area contributed by atoms with Crippen molar-refractivity contribution in [1.29, 1.82) is 0 Å². The number of halogens is 2. The van der Waals surface area contributed by atoms with Gasteiger partial charge in [0.2, 0.25) is 0 Å². The van der Waals surface area contributed by atoms with Crippen molar-refractivity contribution in [3.05, 3.63) is 87.4 Å². The van der Waals surface area contributed by atoms with Crippen LogP contribution in [0.25, 0.3) is 6.08 Å². The van der Waals surface area contributed by atoms with Crippen molar-refractivity contribution in [2.24, 2.45) is 4.99 Å². The van der Waals surface area contributed by atoms with Gasteiger partial charge in [0, 0.05) is 16.1 Å². The fourth-order valence-electron chi connectivity index (χ4n) is 3.89. The third kappa shape index (κ3) is 4.87. The third-order valence-corrected chi connectivity index (χ3v) is 7.62. The fraction of sp³-hybridized carbons (Fsp3) is 0.240. The van der Waals surface area contributed by atoms with Crippen LogP contribution in [0.1, 0.15) is 31.0 Å². The monoisotopic (exact) mass is 620 g/mol. The topological polar surface area (TPSA) is 79.1 Å². The van der Waals surface area contributed by atoms with Crippen LogP contribution in [0.2, 0.25) is 0 Å². The molecule has 2 heterocycles. The molecule has 4 rings (SSSR count). The molecule has 0 N–H and O–H groups in total. The summed E-state index contributed by atoms with van der Waals surface area (Å²) in [6.07, 6.45) is 1.76. The Labute approximate surface area is 222 Å². The summed E-state index contributed by atoms with van der Waals surface area (Å²) in [6.45, 7) is 3.73. The maximum atomic E-state index is 13.7. The molecule has 10 heteroatoms. The lowest BCUT2D eigenvalue weighted by molar-refractivity contribution is -0.139. The number of thiazole rings is 1. The number of allylic oxidation sites excluding steroid dienone is 1. The highest BCUT2D eigenvalue weighted by Gasteiger charge is 2.33. The Morgan fingerprint density at radius 3 is 2.46 bits per heavy atom. The lowest BCUT2D eigenvalue weighted by Gasteiger charge is -2.24. The number of ether oxygens (including phenoxy) is 3. The minimum absolute atomic E-state index is 0.221. The normalized spacial score (nSPS) is 15.5. The van der Waals surface area contributed by atoms with E-state index in [0.717, 1.165) is 14.5 Å². The first-order valence-electron chi connectivity index (χ1n) is 10.7. The smallest absolute Gasteiger partial charge is 0.338 e. The van der Waals surface area contributed by atoms with Crippen molar-refractivity contribution in [1.82, 2.24) is 4.57 Å². The Morgan fingerprint density at radius 2 is 1.83 bits per heavy atom. The van der Waals surface area contributed by atoms with Crippen LogP contribution in [-0.4, -0.2) is 31.4 Å². The lowest BCUT2D eigenvalue weighted by atomic mass is 9.96. The van der Waals surface area contributed by atoms with Crippen LogP contribution in [0.4, 0.5) is 0 Å². The predicted octanol–water partition coefficient (Wildman–Crippen LogP) is 4.34. The zero-order valence-electron chi connectivity index (χ0n) is 19.4. The van der Waals surface area contributed by atoms with Crippen molar-refractivity contribution in [2.45, 2.75) is 19.9 Å². The van der Waals surface area contributed by atoms with Gasteiger partial charge in [-0.3, -0.25) is 9.36 Å². The second-order valence-corrected chi connectivity index (χ2v) is 10.4. The molecule has 0 radical (unpaired) electrons. The van der Waals surface area contributed by atoms with E-state index in [-0.39, 0.29) is 12.2 Å². The van der Waals surface area contributed by atoms with Crippen LogP contribution in [-0.2, 0) is 9.53 Å². The first-order chi connectivity index (χ1) is 16.8. The first kappa shape index (κ1) is 25.4. The number of benzene rings is 2. The number of carbonyl (C=O) groups excluding carboxylic acids is 1. The molecule has 1 unspecified atom stereocenters. The van der Waals surface area contributed by atoms with E-state index >= 15 is 0 Å². The Balaban J connectivity index is 1.96. The maximum Gasteiger partial charge on any atom is 0.338 e. The molecule has 0 saturated heterocycles. The SMILES string of the molecule is CCOC(=O)C1=C(C)N=c2s/c(=C/c3cc(Br)c(OC)cc3OC)c(=O)n2C1c1ccc(Br)cc1. The average molecular weight is 622 g/mol. The van der Waals surface area contributed by atoms with Gasteiger partial charge in [-0.2, -0.15) is 0 Å². The Bertz CT molecular complexity index is 1510. The van der Waals surface area contributed by atoms with Gasteiger partial charge in [0.1, 0.15) is 11.5 Å². The Hall–Kier alpha value is -2.69. The van der Waals surface area contributed by atoms with Gasteiger partial charge in [-0.15, -0.1) is 0 Å². The van der Waals surface area contributed by atoms with E-state index in [1.807, 2.05) is 30.3 Å². The number of hydrogen-bond donors (Lipinski definition) is 0. The van der Waals surface area contributed by atoms with Crippen LogP contribution >= 0.6 is 43.2 Å². The molecule has 0 bridgehead atoms. The lowest BCUT2D eigenvalue weighted by Crippen LogP contribution is -2.39. The molecule has 3 aromatic rings. The summed E-state index contributed by atoms with van der Waals surface area (Å²) >= 11 is 8.19. The molecule has 1 aliphatic rings. The number of esters is 1. The second-order valence-electron chi connectivity index (χ2n) is 7.58. The number of carbonyl (C=O) groups is 1. The minimum atomic E-state index is -0.662. The number of aromatic nitrogens is 1. The highest BCUT2D eigenvalue weighted by Crippen LogP contribution is 2.34. The van der Waals surface area contributed by atoms with Gasteiger partial charge in [0.25, 0.3) is 5.56 Å². The fourth-order valence-corrected chi connectivity index (χ4v) is 5.71. The average Bonchev–Trinajstić information content (AvgIpc) is 3.13. The maximum absolute atomic E-state index is 13.7. The van der Waals surface area contributed by atoms with Gasteiger partial charge in [-0.1, -0.05) is 39.4 Å². The van der Waals surface area contributed by atoms with E-state index in [1.165, 1.54) is 11.3 Å². The van der Waals surface area contributed by atoms with Gasteiger partial charge in [-0.25, -0.2) is 9.79 Å². The largest absolute Gasteiger partial charge is 0.496 e. The van der Waals surface area contributed by atoms with Gasteiger partial charge in [-0.05, 0) is 59.6 Å². The summed E-state index contributed by atoms with van der Waals surface area (Å²) in [4.78, 5) is 31.8. The van der Waals surface area contributed by atoms with Crippen LogP contribution in [0, 0.1) is 0 Å². The number of hydrogen-bond acceptors (Lipinski definition) is 7. The van der Waals surface area contributed by atoms with Crippen molar-refractivity contribution in [3.8, 4) is 11.5 Å². The molecule has 7 nitrogen and oxygen atoms in total. The van der Waals surface area contributed by atoms with Crippen LogP contribution in [0.15, 0.2) is 66.4 Å². The molecule has 0 fully saturated rings. The molecule has 0 spiro atoms. The number of fused-ring (bicyclic) bond motifs is 1. The van der Waals surface area contributed by atoms with E-state index in [1.54, 1.807) is 44.8 Å². The molecule has 0 saturated carbocycles. The van der Waals surface area contributed by atoms with E-state index < -0.39 is 12.0 Å². The van der Waals surface area contributed by atoms with E-state index in [9.17, 15) is 9.59 Å². The van der Waals surface area contributed by atoms with Gasteiger partial charge < -0.3 is 14.2 Å². The molecule has 2 aromatic carbocycles. The van der Waals surface area contributed by atoms with E-state index in [0.29, 0.717) is 37.7 Å². The van der Waals surface area contributed by atoms with Crippen LogP contribution in [0.3, 0.4) is 0 Å². The molecular formula is C25H22Br2N2O5S. The summed E-state index contributed by atoms with van der Waals surface area (Å²) < 4.78 is 19.8. The molecule has 1 atom stereocenters. The zero-order chi connectivity index (χ0) is 25.3.